The lowest BCUT2D eigenvalue weighted by atomic mass is 9.77. The van der Waals surface area contributed by atoms with Crippen LogP contribution in [0.1, 0.15) is 63.7 Å². The molecule has 2 aromatic rings. The topological polar surface area (TPSA) is 152 Å². The molecule has 2 fully saturated rings. The highest BCUT2D eigenvalue weighted by atomic mass is 31.2. The summed E-state index contributed by atoms with van der Waals surface area (Å²) in [6.07, 6.45) is -1.83. The molecule has 3 N–H and O–H groups in total. The molecule has 2 aromatic heterocycles. The summed E-state index contributed by atoms with van der Waals surface area (Å²) >= 11 is 0. The van der Waals surface area contributed by atoms with E-state index in [-0.39, 0.29) is 6.42 Å². The number of aryl methyl sites for hydroxylation is 1. The van der Waals surface area contributed by atoms with Crippen LogP contribution in [0, 0.1) is 6.92 Å². The zero-order valence-corrected chi connectivity index (χ0v) is 18.7. The van der Waals surface area contributed by atoms with Crippen LogP contribution in [0.3, 0.4) is 0 Å². The summed E-state index contributed by atoms with van der Waals surface area (Å²) in [6, 6.07) is 0. The first-order valence-electron chi connectivity index (χ1n) is 10.6. The molecule has 31 heavy (non-hydrogen) atoms. The lowest BCUT2D eigenvalue weighted by Gasteiger charge is -2.43. The molecule has 0 radical (unpaired) electrons. The Kier molecular flexibility index (Phi) is 4.67. The SMILES string of the molecule is CCC(CC)(OP1(=O)OC1(O)CC)C1c2nc3c(C)ncnc3n2C2OC1C(O)C2O. The molecule has 7 atom stereocenters. The zero-order valence-electron chi connectivity index (χ0n) is 17.8. The lowest BCUT2D eigenvalue weighted by molar-refractivity contribution is -0.110. The van der Waals surface area contributed by atoms with Gasteiger partial charge in [-0.25, -0.2) is 15.0 Å². The van der Waals surface area contributed by atoms with Gasteiger partial charge >= 0.3 is 7.60 Å². The predicted molar refractivity (Wildman–Crippen MR) is 107 cm³/mol. The second-order valence-corrected chi connectivity index (χ2v) is 10.5. The smallest absolute Gasteiger partial charge is 0.387 e. The first kappa shape index (κ1) is 21.4. The van der Waals surface area contributed by atoms with Gasteiger partial charge in [-0.15, -0.1) is 0 Å². The van der Waals surface area contributed by atoms with Crippen molar-refractivity contribution in [2.24, 2.45) is 0 Å². The van der Waals surface area contributed by atoms with E-state index < -0.39 is 49.2 Å². The van der Waals surface area contributed by atoms with E-state index in [1.165, 1.54) is 6.33 Å². The highest BCUT2D eigenvalue weighted by Gasteiger charge is 2.72. The standard InChI is InChI=1S/C19H27N4O7P/c1-5-18(6-2,29-31(27)19(26,7-3)30-31)10-14-12(24)13(25)17(28-14)23-15(10)22-11-9(4)20-8-21-16(11)23/h8,10,12-14,17,24-26H,5-7H2,1-4H3. The Hall–Kier alpha value is -1.46. The molecule has 0 aromatic carbocycles. The van der Waals surface area contributed by atoms with Crippen molar-refractivity contribution in [2.75, 3.05) is 0 Å². The molecule has 5 heterocycles. The van der Waals surface area contributed by atoms with E-state index in [2.05, 4.69) is 9.97 Å². The van der Waals surface area contributed by atoms with Crippen molar-refractivity contribution in [3.8, 4) is 0 Å². The van der Waals surface area contributed by atoms with Crippen molar-refractivity contribution in [3.05, 3.63) is 17.8 Å². The van der Waals surface area contributed by atoms with Crippen LogP contribution in [-0.2, 0) is 18.3 Å². The van der Waals surface area contributed by atoms with Crippen LogP contribution in [0.25, 0.3) is 11.2 Å². The first-order valence-corrected chi connectivity index (χ1v) is 12.1. The fourth-order valence-electron chi connectivity index (χ4n) is 5.00. The van der Waals surface area contributed by atoms with E-state index in [0.717, 1.165) is 0 Å². The molecule has 11 nitrogen and oxygen atoms in total. The molecule has 5 rings (SSSR count). The summed E-state index contributed by atoms with van der Waals surface area (Å²) in [5.74, 6) is -0.191. The summed E-state index contributed by atoms with van der Waals surface area (Å²) in [4.78, 5) is 13.3. The molecule has 0 aliphatic carbocycles. The average molecular weight is 454 g/mol. The highest BCUT2D eigenvalue weighted by Crippen LogP contribution is 2.80. The summed E-state index contributed by atoms with van der Waals surface area (Å²) in [5.41, 5.74) is -1.26. The first-order chi connectivity index (χ1) is 14.6. The number of hydrogen-bond donors (Lipinski definition) is 3. The zero-order chi connectivity index (χ0) is 22.3. The Morgan fingerprint density at radius 3 is 2.58 bits per heavy atom. The Morgan fingerprint density at radius 2 is 1.97 bits per heavy atom. The second kappa shape index (κ2) is 6.77. The molecular weight excluding hydrogens is 427 g/mol. The van der Waals surface area contributed by atoms with E-state index in [1.54, 1.807) is 11.5 Å². The molecular formula is C19H27N4O7P. The molecule has 3 aliphatic rings. The van der Waals surface area contributed by atoms with E-state index in [9.17, 15) is 19.9 Å². The van der Waals surface area contributed by atoms with Crippen LogP contribution in [-0.4, -0.2) is 64.3 Å². The maximum atomic E-state index is 13.2. The highest BCUT2D eigenvalue weighted by molar-refractivity contribution is 7.61. The van der Waals surface area contributed by atoms with Crippen molar-refractivity contribution in [1.82, 2.24) is 19.5 Å². The monoisotopic (exact) mass is 454 g/mol. The third-order valence-corrected chi connectivity index (χ3v) is 9.26. The Morgan fingerprint density at radius 1 is 1.26 bits per heavy atom. The molecule has 12 heteroatoms. The van der Waals surface area contributed by atoms with Crippen LogP contribution >= 0.6 is 7.60 Å². The van der Waals surface area contributed by atoms with Crippen molar-refractivity contribution >= 4 is 18.8 Å². The number of imidazole rings is 1. The number of aliphatic hydroxyl groups is 3. The van der Waals surface area contributed by atoms with Crippen LogP contribution in [0.4, 0.5) is 0 Å². The van der Waals surface area contributed by atoms with E-state index >= 15 is 0 Å². The maximum Gasteiger partial charge on any atom is 0.393 e. The fraction of sp³-hybridized carbons (Fsp3) is 0.737. The number of hydrogen-bond acceptors (Lipinski definition) is 10. The van der Waals surface area contributed by atoms with Gasteiger partial charge in [0.2, 0.25) is 0 Å². The summed E-state index contributed by atoms with van der Waals surface area (Å²) < 4.78 is 32.2. The number of nitrogens with zero attached hydrogens (tertiary/aromatic N) is 4. The van der Waals surface area contributed by atoms with Crippen molar-refractivity contribution < 1.29 is 33.7 Å². The van der Waals surface area contributed by atoms with Gasteiger partial charge in [-0.1, -0.05) is 20.8 Å². The minimum absolute atomic E-state index is 0.120. The molecule has 170 valence electrons. The van der Waals surface area contributed by atoms with Gasteiger partial charge in [0.25, 0.3) is 5.53 Å². The number of aromatic nitrogens is 4. The van der Waals surface area contributed by atoms with Gasteiger partial charge in [0.1, 0.15) is 36.0 Å². The molecule has 0 amide bonds. The molecule has 2 saturated heterocycles. The quantitative estimate of drug-likeness (QED) is 0.434. The number of ether oxygens (including phenoxy) is 1. The van der Waals surface area contributed by atoms with Gasteiger partial charge in [-0.3, -0.25) is 18.2 Å². The maximum absolute atomic E-state index is 13.2. The predicted octanol–water partition coefficient (Wildman–Crippen LogP) is 1.71. The third kappa shape index (κ3) is 2.68. The van der Waals surface area contributed by atoms with Crippen molar-refractivity contribution in [3.63, 3.8) is 0 Å². The molecule has 0 saturated carbocycles. The van der Waals surface area contributed by atoms with Gasteiger partial charge in [0.05, 0.1) is 17.2 Å². The Labute approximate surface area is 178 Å². The minimum Gasteiger partial charge on any atom is -0.387 e. The number of rotatable bonds is 6. The molecule has 0 spiro atoms. The van der Waals surface area contributed by atoms with Gasteiger partial charge in [0.15, 0.2) is 11.9 Å². The Balaban J connectivity index is 1.70. The van der Waals surface area contributed by atoms with Crippen LogP contribution in [0.2, 0.25) is 0 Å². The molecule has 3 aliphatic heterocycles. The number of aliphatic hydroxyl groups excluding tert-OH is 2. The summed E-state index contributed by atoms with van der Waals surface area (Å²) in [6.45, 7) is 7.20. The lowest BCUT2D eigenvalue weighted by Crippen LogP contribution is -2.49. The van der Waals surface area contributed by atoms with E-state index in [1.807, 2.05) is 20.8 Å². The van der Waals surface area contributed by atoms with Crippen molar-refractivity contribution in [2.45, 2.75) is 88.5 Å². The molecule has 7 unspecified atom stereocenters. The van der Waals surface area contributed by atoms with Gasteiger partial charge in [-0.05, 0) is 19.8 Å². The van der Waals surface area contributed by atoms with Crippen LogP contribution < -0.4 is 0 Å². The average Bonchev–Trinajstić information content (AvgIpc) is 3.01. The third-order valence-electron chi connectivity index (χ3n) is 7.01. The normalized spacial score (nSPS) is 39.1. The van der Waals surface area contributed by atoms with Crippen molar-refractivity contribution in [1.29, 1.82) is 0 Å². The fourth-order valence-corrected chi connectivity index (χ4v) is 7.09. The minimum atomic E-state index is -3.78. The van der Waals surface area contributed by atoms with Gasteiger partial charge in [-0.2, -0.15) is 0 Å². The molecule has 2 bridgehead atoms. The van der Waals surface area contributed by atoms with Gasteiger partial charge in [0, 0.05) is 6.42 Å². The Bertz CT molecular complexity index is 1090. The summed E-state index contributed by atoms with van der Waals surface area (Å²) in [5, 5.41) is 32.0. The van der Waals surface area contributed by atoms with Gasteiger partial charge < -0.3 is 20.1 Å². The van der Waals surface area contributed by atoms with Crippen LogP contribution in [0.5, 0.6) is 0 Å². The second-order valence-electron chi connectivity index (χ2n) is 8.47. The van der Waals surface area contributed by atoms with E-state index in [4.69, 9.17) is 18.8 Å². The van der Waals surface area contributed by atoms with Crippen LogP contribution in [0.15, 0.2) is 6.33 Å². The van der Waals surface area contributed by atoms with E-state index in [0.29, 0.717) is 35.5 Å². The largest absolute Gasteiger partial charge is 0.393 e. The summed E-state index contributed by atoms with van der Waals surface area (Å²) in [7, 11) is -3.78. The number of fused-ring (bicyclic) bond motifs is 6.